The standard InChI is InChI=1S/C14H19N3O2/c1-14(2,13(18)19-3)8-15-7-10-4-5-11-12(6-10)17-9-16-11/h4-6,9,15H,7-8H2,1-3H3,(H,16,17). The summed E-state index contributed by atoms with van der Waals surface area (Å²) in [5.74, 6) is -0.205. The molecule has 0 aliphatic rings. The van der Waals surface area contributed by atoms with Crippen LogP contribution in [0, 0.1) is 5.41 Å². The van der Waals surface area contributed by atoms with Gasteiger partial charge in [0.25, 0.3) is 0 Å². The van der Waals surface area contributed by atoms with Crippen LogP contribution in [0.15, 0.2) is 24.5 Å². The molecule has 0 bridgehead atoms. The van der Waals surface area contributed by atoms with E-state index in [1.54, 1.807) is 6.33 Å². The number of H-pyrrole nitrogens is 1. The molecular formula is C14H19N3O2. The molecule has 2 N–H and O–H groups in total. The Labute approximate surface area is 112 Å². The number of methoxy groups -OCH3 is 1. The minimum Gasteiger partial charge on any atom is -0.469 e. The molecule has 1 aromatic heterocycles. The van der Waals surface area contributed by atoms with E-state index in [0.717, 1.165) is 16.6 Å². The lowest BCUT2D eigenvalue weighted by molar-refractivity contribution is -0.150. The molecule has 2 aromatic rings. The lowest BCUT2D eigenvalue weighted by atomic mass is 9.94. The summed E-state index contributed by atoms with van der Waals surface area (Å²) in [5, 5.41) is 3.28. The average molecular weight is 261 g/mol. The minimum atomic E-state index is -0.521. The van der Waals surface area contributed by atoms with E-state index in [1.807, 2.05) is 26.0 Å². The summed E-state index contributed by atoms with van der Waals surface area (Å²) >= 11 is 0. The first kappa shape index (κ1) is 13.5. The van der Waals surface area contributed by atoms with Crippen molar-refractivity contribution in [3.63, 3.8) is 0 Å². The second-order valence-electron chi connectivity index (χ2n) is 5.23. The van der Waals surface area contributed by atoms with E-state index in [0.29, 0.717) is 13.1 Å². The number of esters is 1. The van der Waals surface area contributed by atoms with Crippen LogP contribution in [0.4, 0.5) is 0 Å². The minimum absolute atomic E-state index is 0.205. The van der Waals surface area contributed by atoms with Crippen LogP contribution in [0.1, 0.15) is 19.4 Å². The normalized spacial score (nSPS) is 11.7. The highest BCUT2D eigenvalue weighted by atomic mass is 16.5. The van der Waals surface area contributed by atoms with E-state index >= 15 is 0 Å². The first-order valence-corrected chi connectivity index (χ1v) is 6.24. The predicted molar refractivity (Wildman–Crippen MR) is 73.6 cm³/mol. The number of ether oxygens (including phenoxy) is 1. The van der Waals surface area contributed by atoms with Gasteiger partial charge in [-0.1, -0.05) is 6.07 Å². The van der Waals surface area contributed by atoms with Crippen LogP contribution in [0.5, 0.6) is 0 Å². The van der Waals surface area contributed by atoms with Crippen LogP contribution >= 0.6 is 0 Å². The highest BCUT2D eigenvalue weighted by Crippen LogP contribution is 2.16. The van der Waals surface area contributed by atoms with Crippen molar-refractivity contribution in [2.45, 2.75) is 20.4 Å². The second-order valence-corrected chi connectivity index (χ2v) is 5.23. The van der Waals surface area contributed by atoms with Gasteiger partial charge in [0, 0.05) is 13.1 Å². The van der Waals surface area contributed by atoms with Crippen molar-refractivity contribution < 1.29 is 9.53 Å². The van der Waals surface area contributed by atoms with Gasteiger partial charge >= 0.3 is 5.97 Å². The maximum absolute atomic E-state index is 11.5. The van der Waals surface area contributed by atoms with Crippen LogP contribution in [0.2, 0.25) is 0 Å². The molecular weight excluding hydrogens is 242 g/mol. The monoisotopic (exact) mass is 261 g/mol. The summed E-state index contributed by atoms with van der Waals surface area (Å²) in [7, 11) is 1.41. The van der Waals surface area contributed by atoms with E-state index in [2.05, 4.69) is 21.4 Å². The maximum atomic E-state index is 11.5. The zero-order chi connectivity index (χ0) is 13.9. The first-order valence-electron chi connectivity index (χ1n) is 6.24. The number of imidazole rings is 1. The third-order valence-corrected chi connectivity index (χ3v) is 3.12. The molecule has 0 radical (unpaired) electrons. The zero-order valence-electron chi connectivity index (χ0n) is 11.5. The molecule has 0 atom stereocenters. The Bertz CT molecular complexity index is 575. The fourth-order valence-corrected chi connectivity index (χ4v) is 1.96. The Morgan fingerprint density at radius 3 is 3.00 bits per heavy atom. The number of nitrogens with zero attached hydrogens (tertiary/aromatic N) is 1. The number of carbonyl (C=O) groups is 1. The topological polar surface area (TPSA) is 67.0 Å². The Balaban J connectivity index is 1.93. The molecule has 1 aromatic carbocycles. The fourth-order valence-electron chi connectivity index (χ4n) is 1.96. The third-order valence-electron chi connectivity index (χ3n) is 3.12. The number of aromatic nitrogens is 2. The smallest absolute Gasteiger partial charge is 0.312 e. The average Bonchev–Trinajstić information content (AvgIpc) is 2.84. The molecule has 0 unspecified atom stereocenters. The molecule has 0 saturated heterocycles. The number of hydrogen-bond donors (Lipinski definition) is 2. The van der Waals surface area contributed by atoms with Gasteiger partial charge in [-0.05, 0) is 31.5 Å². The summed E-state index contributed by atoms with van der Waals surface area (Å²) in [5.41, 5.74) is 2.61. The Morgan fingerprint density at radius 2 is 2.26 bits per heavy atom. The molecule has 0 aliphatic heterocycles. The molecule has 102 valence electrons. The summed E-state index contributed by atoms with van der Waals surface area (Å²) in [4.78, 5) is 18.8. The molecule has 0 amide bonds. The molecule has 5 heteroatoms. The molecule has 5 nitrogen and oxygen atoms in total. The van der Waals surface area contributed by atoms with Crippen molar-refractivity contribution in [2.75, 3.05) is 13.7 Å². The van der Waals surface area contributed by atoms with Gasteiger partial charge in [0.2, 0.25) is 0 Å². The number of nitrogens with one attached hydrogen (secondary N) is 2. The van der Waals surface area contributed by atoms with E-state index in [4.69, 9.17) is 4.74 Å². The molecule has 0 spiro atoms. The van der Waals surface area contributed by atoms with Gasteiger partial charge in [0.15, 0.2) is 0 Å². The number of aromatic amines is 1. The quantitative estimate of drug-likeness (QED) is 0.806. The van der Waals surface area contributed by atoms with Crippen molar-refractivity contribution in [2.24, 2.45) is 5.41 Å². The summed E-state index contributed by atoms with van der Waals surface area (Å²) in [6, 6.07) is 6.07. The maximum Gasteiger partial charge on any atom is 0.312 e. The summed E-state index contributed by atoms with van der Waals surface area (Å²) in [6.07, 6.45) is 1.68. The highest BCUT2D eigenvalue weighted by Gasteiger charge is 2.27. The largest absolute Gasteiger partial charge is 0.469 e. The van der Waals surface area contributed by atoms with Crippen LogP contribution in [-0.2, 0) is 16.1 Å². The molecule has 19 heavy (non-hydrogen) atoms. The number of benzene rings is 1. The van der Waals surface area contributed by atoms with Crippen molar-refractivity contribution >= 4 is 17.0 Å². The second kappa shape index (κ2) is 5.40. The Kier molecular flexibility index (Phi) is 3.85. The van der Waals surface area contributed by atoms with E-state index in [1.165, 1.54) is 7.11 Å². The van der Waals surface area contributed by atoms with Gasteiger partial charge in [-0.25, -0.2) is 4.98 Å². The molecule has 0 fully saturated rings. The number of hydrogen-bond acceptors (Lipinski definition) is 4. The predicted octanol–water partition coefficient (Wildman–Crippen LogP) is 1.85. The number of rotatable bonds is 5. The SMILES string of the molecule is COC(=O)C(C)(C)CNCc1ccc2nc[nH]c2c1. The lowest BCUT2D eigenvalue weighted by Crippen LogP contribution is -2.36. The first-order chi connectivity index (χ1) is 9.03. The fraction of sp³-hybridized carbons (Fsp3) is 0.429. The highest BCUT2D eigenvalue weighted by molar-refractivity contribution is 5.76. The van der Waals surface area contributed by atoms with Gasteiger partial charge in [0.1, 0.15) is 0 Å². The molecule has 1 heterocycles. The third kappa shape index (κ3) is 3.12. The van der Waals surface area contributed by atoms with Gasteiger partial charge in [0.05, 0.1) is 29.9 Å². The van der Waals surface area contributed by atoms with Gasteiger partial charge in [-0.3, -0.25) is 4.79 Å². The summed E-state index contributed by atoms with van der Waals surface area (Å²) in [6.45, 7) is 5.00. The zero-order valence-corrected chi connectivity index (χ0v) is 11.5. The van der Waals surface area contributed by atoms with Crippen molar-refractivity contribution in [1.82, 2.24) is 15.3 Å². The van der Waals surface area contributed by atoms with Crippen LogP contribution in [0.25, 0.3) is 11.0 Å². The van der Waals surface area contributed by atoms with Gasteiger partial charge < -0.3 is 15.0 Å². The summed E-state index contributed by atoms with van der Waals surface area (Å²) < 4.78 is 4.77. The van der Waals surface area contributed by atoms with E-state index in [-0.39, 0.29) is 5.97 Å². The lowest BCUT2D eigenvalue weighted by Gasteiger charge is -2.21. The van der Waals surface area contributed by atoms with Crippen LogP contribution in [0.3, 0.4) is 0 Å². The van der Waals surface area contributed by atoms with E-state index < -0.39 is 5.41 Å². The Morgan fingerprint density at radius 1 is 1.47 bits per heavy atom. The molecule has 0 aliphatic carbocycles. The Hall–Kier alpha value is -1.88. The van der Waals surface area contributed by atoms with Crippen molar-refractivity contribution in [3.8, 4) is 0 Å². The van der Waals surface area contributed by atoms with E-state index in [9.17, 15) is 4.79 Å². The van der Waals surface area contributed by atoms with Crippen LogP contribution < -0.4 is 5.32 Å². The molecule has 2 rings (SSSR count). The number of carbonyl (C=O) groups excluding carboxylic acids is 1. The van der Waals surface area contributed by atoms with Crippen molar-refractivity contribution in [3.05, 3.63) is 30.1 Å². The van der Waals surface area contributed by atoms with Crippen LogP contribution in [-0.4, -0.2) is 29.6 Å². The van der Waals surface area contributed by atoms with Gasteiger partial charge in [-0.2, -0.15) is 0 Å². The van der Waals surface area contributed by atoms with Crippen molar-refractivity contribution in [1.29, 1.82) is 0 Å². The molecule has 0 saturated carbocycles. The number of fused-ring (bicyclic) bond motifs is 1. The van der Waals surface area contributed by atoms with Gasteiger partial charge in [-0.15, -0.1) is 0 Å².